The lowest BCUT2D eigenvalue weighted by Crippen LogP contribution is -2.49. The number of likely N-dealkylation sites (N-methyl/N-ethyl adjacent to an activating group) is 1. The van der Waals surface area contributed by atoms with Crippen molar-refractivity contribution in [3.63, 3.8) is 0 Å². The number of nitrogen functional groups attached to an aromatic ring is 1. The Morgan fingerprint density at radius 1 is 0.921 bits per heavy atom. The fourth-order valence-electron chi connectivity index (χ4n) is 5.89. The van der Waals surface area contributed by atoms with Gasteiger partial charge in [-0.15, -0.1) is 0 Å². The van der Waals surface area contributed by atoms with Gasteiger partial charge in [-0.25, -0.2) is 14.6 Å². The van der Waals surface area contributed by atoms with Crippen molar-refractivity contribution in [3.8, 4) is 11.3 Å². The molecule has 38 heavy (non-hydrogen) atoms. The lowest BCUT2D eigenvalue weighted by molar-refractivity contribution is 0.0815. The zero-order chi connectivity index (χ0) is 26.1. The molecule has 0 atom stereocenters. The summed E-state index contributed by atoms with van der Waals surface area (Å²) in [7, 11) is 2.22. The van der Waals surface area contributed by atoms with Gasteiger partial charge in [0.25, 0.3) is 0 Å². The number of fused-ring (bicyclic) bond motifs is 1. The lowest BCUT2D eigenvalue weighted by Gasteiger charge is -2.41. The molecule has 9 heteroatoms. The van der Waals surface area contributed by atoms with Crippen molar-refractivity contribution in [1.82, 2.24) is 29.5 Å². The summed E-state index contributed by atoms with van der Waals surface area (Å²) in [5.74, 6) is 0.485. The second-order valence-corrected chi connectivity index (χ2v) is 11.4. The average molecular weight is 576 g/mol. The van der Waals surface area contributed by atoms with Crippen LogP contribution < -0.4 is 11.1 Å². The van der Waals surface area contributed by atoms with E-state index in [1.165, 1.54) is 44.6 Å². The number of benzene rings is 2. The highest BCUT2D eigenvalue weighted by molar-refractivity contribution is 9.10. The normalized spacial score (nSPS) is 21.1. The summed E-state index contributed by atoms with van der Waals surface area (Å²) in [6.45, 7) is 5.44. The highest BCUT2D eigenvalue weighted by atomic mass is 79.9. The maximum atomic E-state index is 6.39. The molecule has 4 aromatic rings. The molecule has 1 saturated carbocycles. The van der Waals surface area contributed by atoms with Crippen LogP contribution in [0.4, 0.5) is 11.5 Å². The third-order valence-electron chi connectivity index (χ3n) is 8.18. The number of rotatable bonds is 6. The lowest BCUT2D eigenvalue weighted by atomic mass is 9.90. The molecule has 8 nitrogen and oxygen atoms in total. The largest absolute Gasteiger partial charge is 0.383 e. The van der Waals surface area contributed by atoms with Crippen molar-refractivity contribution in [2.75, 3.05) is 44.3 Å². The molecule has 1 aliphatic carbocycles. The van der Waals surface area contributed by atoms with E-state index in [0.717, 1.165) is 51.8 Å². The van der Waals surface area contributed by atoms with Gasteiger partial charge in [0.15, 0.2) is 5.65 Å². The van der Waals surface area contributed by atoms with Crippen molar-refractivity contribution in [3.05, 3.63) is 64.9 Å². The van der Waals surface area contributed by atoms with Crippen LogP contribution in [0.25, 0.3) is 22.3 Å². The van der Waals surface area contributed by atoms with Crippen LogP contribution in [0, 0.1) is 0 Å². The second kappa shape index (κ2) is 11.0. The van der Waals surface area contributed by atoms with E-state index in [9.17, 15) is 0 Å². The van der Waals surface area contributed by atoms with Crippen LogP contribution in [0.1, 0.15) is 37.3 Å². The monoisotopic (exact) mass is 574 g/mol. The highest BCUT2D eigenvalue weighted by Gasteiger charge is 2.30. The molecule has 1 aliphatic heterocycles. The summed E-state index contributed by atoms with van der Waals surface area (Å²) in [5.41, 5.74) is 11.4. The van der Waals surface area contributed by atoms with E-state index >= 15 is 0 Å². The smallest absolute Gasteiger partial charge is 0.164 e. The van der Waals surface area contributed by atoms with Gasteiger partial charge in [-0.1, -0.05) is 46.3 Å². The molecule has 0 radical (unpaired) electrons. The highest BCUT2D eigenvalue weighted by Crippen LogP contribution is 2.37. The summed E-state index contributed by atoms with van der Waals surface area (Å²) < 4.78 is 3.23. The summed E-state index contributed by atoms with van der Waals surface area (Å²) in [4.78, 5) is 14.1. The van der Waals surface area contributed by atoms with E-state index in [1.54, 1.807) is 6.33 Å². The molecule has 2 aliphatic rings. The van der Waals surface area contributed by atoms with Gasteiger partial charge in [-0.3, -0.25) is 4.90 Å². The number of hydrogen-bond acceptors (Lipinski definition) is 7. The first kappa shape index (κ1) is 25.3. The number of nitrogens with zero attached hydrogens (tertiary/aromatic N) is 6. The number of hydrogen-bond donors (Lipinski definition) is 2. The molecule has 2 aromatic heterocycles. The van der Waals surface area contributed by atoms with E-state index in [4.69, 9.17) is 10.8 Å². The SMILES string of the molecule is CN1CCN(C2CCC(n3nc(-c4ccc(NCc5ccccc5Br)cc4)c4c(N)ncnc43)CC2)CC1. The number of halogens is 1. The number of piperazine rings is 1. The fraction of sp³-hybridized carbons (Fsp3) is 0.414. The molecule has 3 heterocycles. The van der Waals surface area contributed by atoms with Crippen LogP contribution in [-0.4, -0.2) is 68.8 Å². The molecule has 2 fully saturated rings. The zero-order valence-electron chi connectivity index (χ0n) is 21.9. The van der Waals surface area contributed by atoms with Crippen molar-refractivity contribution in [2.45, 2.75) is 44.3 Å². The Labute approximate surface area is 232 Å². The Hall–Kier alpha value is -3.01. The van der Waals surface area contributed by atoms with Crippen molar-refractivity contribution >= 4 is 38.5 Å². The Morgan fingerprint density at radius 2 is 1.63 bits per heavy atom. The molecule has 3 N–H and O–H groups in total. The van der Waals surface area contributed by atoms with Crippen LogP contribution in [0.3, 0.4) is 0 Å². The van der Waals surface area contributed by atoms with Gasteiger partial charge >= 0.3 is 0 Å². The minimum Gasteiger partial charge on any atom is -0.383 e. The van der Waals surface area contributed by atoms with Gasteiger partial charge in [0.2, 0.25) is 0 Å². The van der Waals surface area contributed by atoms with Gasteiger partial charge in [0.1, 0.15) is 17.8 Å². The van der Waals surface area contributed by atoms with Crippen LogP contribution in [0.5, 0.6) is 0 Å². The van der Waals surface area contributed by atoms with E-state index in [-0.39, 0.29) is 0 Å². The molecule has 2 aromatic carbocycles. The molecular formula is C29H35BrN8. The topological polar surface area (TPSA) is 88.1 Å². The van der Waals surface area contributed by atoms with Gasteiger partial charge in [-0.05, 0) is 56.5 Å². The molecule has 1 saturated heterocycles. The van der Waals surface area contributed by atoms with Gasteiger partial charge in [0, 0.05) is 54.5 Å². The third kappa shape index (κ3) is 5.15. The fourth-order valence-corrected chi connectivity index (χ4v) is 6.32. The molecule has 0 amide bonds. The molecule has 0 bridgehead atoms. The van der Waals surface area contributed by atoms with Crippen LogP contribution in [0.2, 0.25) is 0 Å². The van der Waals surface area contributed by atoms with Gasteiger partial charge < -0.3 is 16.0 Å². The number of nitrogens with two attached hydrogens (primary N) is 1. The number of aromatic nitrogens is 4. The predicted octanol–water partition coefficient (Wildman–Crippen LogP) is 5.18. The standard InChI is InChI=1S/C29H35BrN8/c1-36-14-16-37(17-15-36)23-10-12-24(13-11-23)38-29-26(28(31)33-19-34-29)27(35-38)20-6-8-22(9-7-20)32-18-21-4-2-3-5-25(21)30/h2-9,19,23-24,32H,10-18H2,1H3,(H2,31,33,34). The molecule has 0 unspecified atom stereocenters. The maximum Gasteiger partial charge on any atom is 0.164 e. The molecule has 6 rings (SSSR count). The first-order chi connectivity index (χ1) is 18.6. The average Bonchev–Trinajstić information content (AvgIpc) is 3.34. The molecule has 198 valence electrons. The Kier molecular flexibility index (Phi) is 7.32. The molecule has 0 spiro atoms. The summed E-state index contributed by atoms with van der Waals surface area (Å²) >= 11 is 3.62. The number of anilines is 2. The minimum absolute atomic E-state index is 0.328. The first-order valence-corrected chi connectivity index (χ1v) is 14.3. The van der Waals surface area contributed by atoms with Crippen molar-refractivity contribution in [1.29, 1.82) is 0 Å². The third-order valence-corrected chi connectivity index (χ3v) is 8.96. The van der Waals surface area contributed by atoms with Crippen LogP contribution in [-0.2, 0) is 6.54 Å². The van der Waals surface area contributed by atoms with E-state index in [0.29, 0.717) is 17.9 Å². The Balaban J connectivity index is 1.20. The first-order valence-electron chi connectivity index (χ1n) is 13.6. The van der Waals surface area contributed by atoms with Gasteiger partial charge in [0.05, 0.1) is 11.4 Å². The Bertz CT molecular complexity index is 1390. The second-order valence-electron chi connectivity index (χ2n) is 10.6. The van der Waals surface area contributed by atoms with E-state index in [1.807, 2.05) is 6.07 Å². The number of nitrogens with one attached hydrogen (secondary N) is 1. The van der Waals surface area contributed by atoms with E-state index in [2.05, 4.69) is 95.2 Å². The summed E-state index contributed by atoms with van der Waals surface area (Å²) in [6.07, 6.45) is 6.17. The van der Waals surface area contributed by atoms with E-state index < -0.39 is 0 Å². The minimum atomic E-state index is 0.328. The maximum absolute atomic E-state index is 6.39. The van der Waals surface area contributed by atoms with Crippen LogP contribution in [0.15, 0.2) is 59.3 Å². The van der Waals surface area contributed by atoms with Gasteiger partial charge in [-0.2, -0.15) is 5.10 Å². The predicted molar refractivity (Wildman–Crippen MR) is 157 cm³/mol. The van der Waals surface area contributed by atoms with Crippen molar-refractivity contribution < 1.29 is 0 Å². The van der Waals surface area contributed by atoms with Crippen LogP contribution >= 0.6 is 15.9 Å². The summed E-state index contributed by atoms with van der Waals surface area (Å²) in [6, 6.07) is 17.7. The summed E-state index contributed by atoms with van der Waals surface area (Å²) in [5, 5.41) is 9.47. The zero-order valence-corrected chi connectivity index (χ0v) is 23.4. The Morgan fingerprint density at radius 3 is 2.37 bits per heavy atom. The quantitative estimate of drug-likeness (QED) is 0.328. The molecular weight excluding hydrogens is 540 g/mol. The van der Waals surface area contributed by atoms with Crippen molar-refractivity contribution in [2.24, 2.45) is 0 Å².